The molecule has 1 fully saturated rings. The summed E-state index contributed by atoms with van der Waals surface area (Å²) in [7, 11) is 1.65. The van der Waals surface area contributed by atoms with Crippen LogP contribution in [-0.4, -0.2) is 38.2 Å². The first-order valence-electron chi connectivity index (χ1n) is 6.45. The highest BCUT2D eigenvalue weighted by Gasteiger charge is 2.17. The van der Waals surface area contributed by atoms with Crippen LogP contribution in [0, 0.1) is 0 Å². The number of benzene rings is 1. The molecular weight excluding hydrogens is 264 g/mol. The molecule has 4 nitrogen and oxygen atoms in total. The van der Waals surface area contributed by atoms with Crippen molar-refractivity contribution in [1.82, 2.24) is 10.2 Å². The lowest BCUT2D eigenvalue weighted by molar-refractivity contribution is 0.233. The Morgan fingerprint density at radius 2 is 2.21 bits per heavy atom. The molecule has 1 aromatic carbocycles. The van der Waals surface area contributed by atoms with Crippen molar-refractivity contribution in [1.29, 1.82) is 0 Å². The third kappa shape index (κ3) is 2.43. The number of furan rings is 1. The van der Waals surface area contributed by atoms with E-state index in [-0.39, 0.29) is 0 Å². The first-order chi connectivity index (χ1) is 9.29. The van der Waals surface area contributed by atoms with Gasteiger partial charge in [-0.15, -0.1) is 0 Å². The van der Waals surface area contributed by atoms with Gasteiger partial charge < -0.3 is 14.5 Å². The van der Waals surface area contributed by atoms with E-state index in [4.69, 9.17) is 20.8 Å². The first kappa shape index (κ1) is 12.8. The van der Waals surface area contributed by atoms with E-state index >= 15 is 0 Å². The fraction of sp³-hybridized carbons (Fsp3) is 0.429. The molecule has 2 aromatic rings. The zero-order chi connectivity index (χ0) is 13.2. The number of piperazine rings is 1. The fourth-order valence-electron chi connectivity index (χ4n) is 2.51. The lowest BCUT2D eigenvalue weighted by Crippen LogP contribution is -2.42. The summed E-state index contributed by atoms with van der Waals surface area (Å²) in [6, 6.07) is 3.87. The number of methoxy groups -OCH3 is 1. The first-order valence-corrected chi connectivity index (χ1v) is 6.83. The number of nitrogens with zero attached hydrogens (tertiary/aromatic N) is 1. The molecule has 0 aliphatic carbocycles. The Kier molecular flexibility index (Phi) is 3.64. The maximum absolute atomic E-state index is 6.47. The van der Waals surface area contributed by atoms with Crippen molar-refractivity contribution in [2.75, 3.05) is 33.3 Å². The number of fused-ring (bicyclic) bond motifs is 1. The van der Waals surface area contributed by atoms with E-state index in [1.165, 1.54) is 0 Å². The van der Waals surface area contributed by atoms with Gasteiger partial charge in [0.2, 0.25) is 0 Å². The third-order valence-corrected chi connectivity index (χ3v) is 3.98. The standard InChI is InChI=1S/C14H17ClN2O2/c1-18-12-8-10(9-17-5-3-16-4-6-17)13(15)11-2-7-19-14(11)12/h2,7-8,16H,3-6,9H2,1H3. The summed E-state index contributed by atoms with van der Waals surface area (Å²) in [4.78, 5) is 2.39. The Hall–Kier alpha value is -1.23. The average Bonchev–Trinajstić information content (AvgIpc) is 2.93. The minimum atomic E-state index is 0.719. The molecule has 0 amide bonds. The van der Waals surface area contributed by atoms with Gasteiger partial charge in [-0.25, -0.2) is 0 Å². The minimum absolute atomic E-state index is 0.719. The van der Waals surface area contributed by atoms with E-state index in [9.17, 15) is 0 Å². The Morgan fingerprint density at radius 3 is 2.95 bits per heavy atom. The predicted molar refractivity (Wildman–Crippen MR) is 75.9 cm³/mol. The second kappa shape index (κ2) is 5.41. The maximum Gasteiger partial charge on any atom is 0.177 e. The molecule has 1 aliphatic heterocycles. The summed E-state index contributed by atoms with van der Waals surface area (Å²) in [6.07, 6.45) is 1.65. The van der Waals surface area contributed by atoms with Crippen molar-refractivity contribution >= 4 is 22.6 Å². The van der Waals surface area contributed by atoms with E-state index in [1.54, 1.807) is 13.4 Å². The van der Waals surface area contributed by atoms with Gasteiger partial charge in [0.15, 0.2) is 11.3 Å². The number of hydrogen-bond acceptors (Lipinski definition) is 4. The van der Waals surface area contributed by atoms with Gasteiger partial charge in [0.05, 0.1) is 18.4 Å². The Morgan fingerprint density at radius 1 is 1.42 bits per heavy atom. The fourth-order valence-corrected chi connectivity index (χ4v) is 2.77. The largest absolute Gasteiger partial charge is 0.493 e. The van der Waals surface area contributed by atoms with Crippen LogP contribution in [0.3, 0.4) is 0 Å². The number of hydrogen-bond donors (Lipinski definition) is 1. The molecule has 0 atom stereocenters. The van der Waals surface area contributed by atoms with E-state index in [2.05, 4.69) is 10.2 Å². The second-order valence-electron chi connectivity index (χ2n) is 4.74. The van der Waals surface area contributed by atoms with E-state index < -0.39 is 0 Å². The van der Waals surface area contributed by atoms with E-state index in [1.807, 2.05) is 12.1 Å². The SMILES string of the molecule is COc1cc(CN2CCNCC2)c(Cl)c2ccoc12. The van der Waals surface area contributed by atoms with Crippen LogP contribution in [0.2, 0.25) is 5.02 Å². The van der Waals surface area contributed by atoms with Crippen LogP contribution in [0.25, 0.3) is 11.0 Å². The number of halogens is 1. The topological polar surface area (TPSA) is 37.6 Å². The van der Waals surface area contributed by atoms with Gasteiger partial charge in [-0.3, -0.25) is 4.90 Å². The lowest BCUT2D eigenvalue weighted by atomic mass is 10.1. The van der Waals surface area contributed by atoms with Crippen LogP contribution in [0.4, 0.5) is 0 Å². The van der Waals surface area contributed by atoms with Crippen LogP contribution in [-0.2, 0) is 6.54 Å². The molecule has 102 valence electrons. The summed E-state index contributed by atoms with van der Waals surface area (Å²) >= 11 is 6.47. The molecule has 0 spiro atoms. The number of ether oxygens (including phenoxy) is 1. The van der Waals surface area contributed by atoms with Crippen LogP contribution in [0.5, 0.6) is 5.75 Å². The van der Waals surface area contributed by atoms with Crippen molar-refractivity contribution in [3.63, 3.8) is 0 Å². The molecule has 1 aromatic heterocycles. The zero-order valence-electron chi connectivity index (χ0n) is 10.9. The quantitative estimate of drug-likeness (QED) is 0.937. The highest BCUT2D eigenvalue weighted by molar-refractivity contribution is 6.36. The van der Waals surface area contributed by atoms with Crippen LogP contribution >= 0.6 is 11.6 Å². The van der Waals surface area contributed by atoms with E-state index in [0.29, 0.717) is 0 Å². The Labute approximate surface area is 117 Å². The summed E-state index contributed by atoms with van der Waals surface area (Å²) in [6.45, 7) is 4.99. The van der Waals surface area contributed by atoms with Gasteiger partial charge in [0, 0.05) is 38.1 Å². The molecule has 1 aliphatic rings. The monoisotopic (exact) mass is 280 g/mol. The van der Waals surface area contributed by atoms with Gasteiger partial charge in [0.1, 0.15) is 0 Å². The zero-order valence-corrected chi connectivity index (χ0v) is 11.7. The Bertz CT molecular complexity index is 576. The van der Waals surface area contributed by atoms with Crippen molar-refractivity contribution in [2.24, 2.45) is 0 Å². The predicted octanol–water partition coefficient (Wildman–Crippen LogP) is 2.50. The average molecular weight is 281 g/mol. The third-order valence-electron chi connectivity index (χ3n) is 3.54. The minimum Gasteiger partial charge on any atom is -0.493 e. The molecule has 3 rings (SSSR count). The molecule has 1 saturated heterocycles. The molecule has 0 saturated carbocycles. The summed E-state index contributed by atoms with van der Waals surface area (Å²) in [5.41, 5.74) is 1.81. The maximum atomic E-state index is 6.47. The van der Waals surface area contributed by atoms with Crippen molar-refractivity contribution in [3.8, 4) is 5.75 Å². The smallest absolute Gasteiger partial charge is 0.177 e. The second-order valence-corrected chi connectivity index (χ2v) is 5.12. The van der Waals surface area contributed by atoms with Crippen LogP contribution in [0.15, 0.2) is 22.8 Å². The summed E-state index contributed by atoms with van der Waals surface area (Å²) in [5, 5.41) is 5.04. The molecule has 0 radical (unpaired) electrons. The highest BCUT2D eigenvalue weighted by Crippen LogP contribution is 2.36. The molecule has 5 heteroatoms. The number of rotatable bonds is 3. The van der Waals surface area contributed by atoms with Gasteiger partial charge in [-0.1, -0.05) is 11.6 Å². The van der Waals surface area contributed by atoms with Crippen LogP contribution in [0.1, 0.15) is 5.56 Å². The summed E-state index contributed by atoms with van der Waals surface area (Å²) < 4.78 is 10.8. The molecular formula is C14H17ClN2O2. The molecule has 1 N–H and O–H groups in total. The normalized spacial score (nSPS) is 16.9. The van der Waals surface area contributed by atoms with Crippen LogP contribution < -0.4 is 10.1 Å². The molecule has 0 unspecified atom stereocenters. The van der Waals surface area contributed by atoms with Gasteiger partial charge in [0.25, 0.3) is 0 Å². The molecule has 19 heavy (non-hydrogen) atoms. The van der Waals surface area contributed by atoms with E-state index in [0.717, 1.165) is 60.0 Å². The van der Waals surface area contributed by atoms with Crippen molar-refractivity contribution in [2.45, 2.75) is 6.54 Å². The Balaban J connectivity index is 1.95. The molecule has 2 heterocycles. The number of nitrogens with one attached hydrogen (secondary N) is 1. The molecule has 0 bridgehead atoms. The lowest BCUT2D eigenvalue weighted by Gasteiger charge is -2.27. The van der Waals surface area contributed by atoms with Crippen molar-refractivity contribution in [3.05, 3.63) is 29.0 Å². The summed E-state index contributed by atoms with van der Waals surface area (Å²) in [5.74, 6) is 0.745. The van der Waals surface area contributed by atoms with Gasteiger partial charge in [-0.2, -0.15) is 0 Å². The van der Waals surface area contributed by atoms with Gasteiger partial charge in [-0.05, 0) is 17.7 Å². The van der Waals surface area contributed by atoms with Crippen molar-refractivity contribution < 1.29 is 9.15 Å². The van der Waals surface area contributed by atoms with Gasteiger partial charge >= 0.3 is 0 Å². The highest BCUT2D eigenvalue weighted by atomic mass is 35.5.